The molecule has 0 saturated heterocycles. The summed E-state index contributed by atoms with van der Waals surface area (Å²) in [6.07, 6.45) is 2.23. The molecule has 1 atom stereocenters. The highest BCUT2D eigenvalue weighted by atomic mass is 14.9. The van der Waals surface area contributed by atoms with E-state index in [1.165, 1.54) is 16.5 Å². The van der Waals surface area contributed by atoms with Crippen LogP contribution in [-0.4, -0.2) is 10.6 Å². The first kappa shape index (κ1) is 12.2. The Kier molecular flexibility index (Phi) is 3.53. The predicted molar refractivity (Wildman–Crippen MR) is 74.1 cm³/mol. The largest absolute Gasteiger partial charge is 0.350 e. The molecule has 0 amide bonds. The molecule has 17 heavy (non-hydrogen) atoms. The van der Waals surface area contributed by atoms with Gasteiger partial charge in [0.25, 0.3) is 0 Å². The highest BCUT2D eigenvalue weighted by Crippen LogP contribution is 2.20. The summed E-state index contributed by atoms with van der Waals surface area (Å²) in [5.74, 6) is 0.671. The summed E-state index contributed by atoms with van der Waals surface area (Å²) >= 11 is 0. The molecule has 0 aliphatic heterocycles. The summed E-state index contributed by atoms with van der Waals surface area (Å²) in [5, 5.41) is 4.95. The molecule has 0 aliphatic carbocycles. The minimum Gasteiger partial charge on any atom is -0.350 e. The van der Waals surface area contributed by atoms with Crippen LogP contribution in [0.4, 0.5) is 0 Å². The number of hydrogen-bond acceptors (Lipinski definition) is 1. The monoisotopic (exact) mass is 230 g/mol. The van der Waals surface area contributed by atoms with Crippen LogP contribution in [0, 0.1) is 5.92 Å². The van der Waals surface area contributed by atoms with E-state index in [-0.39, 0.29) is 0 Å². The minimum atomic E-state index is 0.550. The van der Waals surface area contributed by atoms with Gasteiger partial charge in [0, 0.05) is 36.7 Å². The van der Waals surface area contributed by atoms with Crippen LogP contribution < -0.4 is 5.32 Å². The maximum atomic E-state index is 3.59. The van der Waals surface area contributed by atoms with Crippen LogP contribution in [-0.2, 0) is 13.6 Å². The molecule has 1 N–H and O–H groups in total. The van der Waals surface area contributed by atoms with Crippen LogP contribution >= 0.6 is 0 Å². The molecular weight excluding hydrogens is 208 g/mol. The van der Waals surface area contributed by atoms with Crippen molar-refractivity contribution in [2.24, 2.45) is 13.0 Å². The maximum Gasteiger partial charge on any atom is 0.0481 e. The number of nitrogens with zero attached hydrogens (tertiary/aromatic N) is 1. The molecule has 2 heteroatoms. The van der Waals surface area contributed by atoms with Crippen molar-refractivity contribution in [3.8, 4) is 0 Å². The summed E-state index contributed by atoms with van der Waals surface area (Å²) < 4.78 is 2.20. The molecule has 1 unspecified atom stereocenters. The van der Waals surface area contributed by atoms with E-state index < -0.39 is 0 Å². The van der Waals surface area contributed by atoms with Gasteiger partial charge in [-0.15, -0.1) is 0 Å². The SMILES string of the molecule is CC(C)C(C)NCc1cn(C)c2ccccc12. The number of para-hydroxylation sites is 1. The second kappa shape index (κ2) is 4.92. The maximum absolute atomic E-state index is 3.59. The third-order valence-electron chi connectivity index (χ3n) is 3.59. The average Bonchev–Trinajstić information content (AvgIpc) is 2.64. The molecule has 2 nitrogen and oxygen atoms in total. The smallest absolute Gasteiger partial charge is 0.0481 e. The normalized spacial score (nSPS) is 13.5. The van der Waals surface area contributed by atoms with Crippen LogP contribution in [0.3, 0.4) is 0 Å². The number of fused-ring (bicyclic) bond motifs is 1. The molecule has 0 fully saturated rings. The van der Waals surface area contributed by atoms with Crippen molar-refractivity contribution >= 4 is 10.9 Å². The topological polar surface area (TPSA) is 17.0 Å². The summed E-state index contributed by atoms with van der Waals surface area (Å²) in [4.78, 5) is 0. The van der Waals surface area contributed by atoms with Crippen LogP contribution in [0.15, 0.2) is 30.5 Å². The lowest BCUT2D eigenvalue weighted by atomic mass is 10.1. The fraction of sp³-hybridized carbons (Fsp3) is 0.467. The number of aromatic nitrogens is 1. The Morgan fingerprint density at radius 1 is 1.18 bits per heavy atom. The van der Waals surface area contributed by atoms with Gasteiger partial charge in [-0.3, -0.25) is 0 Å². The first-order valence-electron chi connectivity index (χ1n) is 6.36. The molecule has 92 valence electrons. The lowest BCUT2D eigenvalue weighted by Crippen LogP contribution is -2.30. The lowest BCUT2D eigenvalue weighted by molar-refractivity contribution is 0.426. The molecule has 1 aromatic carbocycles. The van der Waals surface area contributed by atoms with Crippen LogP contribution in [0.2, 0.25) is 0 Å². The predicted octanol–water partition coefficient (Wildman–Crippen LogP) is 3.31. The van der Waals surface area contributed by atoms with E-state index in [0.717, 1.165) is 6.54 Å². The number of aryl methyl sites for hydroxylation is 1. The van der Waals surface area contributed by atoms with Gasteiger partial charge in [-0.2, -0.15) is 0 Å². The van der Waals surface area contributed by atoms with E-state index >= 15 is 0 Å². The van der Waals surface area contributed by atoms with Crippen LogP contribution in [0.25, 0.3) is 10.9 Å². The lowest BCUT2D eigenvalue weighted by Gasteiger charge is -2.17. The molecule has 2 rings (SSSR count). The Balaban J connectivity index is 2.19. The van der Waals surface area contributed by atoms with Gasteiger partial charge in [0.2, 0.25) is 0 Å². The van der Waals surface area contributed by atoms with Crippen molar-refractivity contribution in [2.75, 3.05) is 0 Å². The van der Waals surface area contributed by atoms with Crippen LogP contribution in [0.5, 0.6) is 0 Å². The fourth-order valence-corrected chi connectivity index (χ4v) is 2.07. The standard InChI is InChI=1S/C15H22N2/c1-11(2)12(3)16-9-13-10-17(4)15-8-6-5-7-14(13)15/h5-8,10-12,16H,9H2,1-4H3. The number of nitrogens with one attached hydrogen (secondary N) is 1. The highest BCUT2D eigenvalue weighted by molar-refractivity contribution is 5.83. The fourth-order valence-electron chi connectivity index (χ4n) is 2.07. The van der Waals surface area contributed by atoms with Gasteiger partial charge in [-0.25, -0.2) is 0 Å². The van der Waals surface area contributed by atoms with Crippen molar-refractivity contribution in [3.05, 3.63) is 36.0 Å². The molecule has 0 spiro atoms. The first-order chi connectivity index (χ1) is 8.09. The second-order valence-corrected chi connectivity index (χ2v) is 5.20. The zero-order valence-corrected chi connectivity index (χ0v) is 11.2. The van der Waals surface area contributed by atoms with E-state index in [1.54, 1.807) is 0 Å². The molecule has 1 heterocycles. The molecule has 0 radical (unpaired) electrons. The highest BCUT2D eigenvalue weighted by Gasteiger charge is 2.09. The molecular formula is C15H22N2. The van der Waals surface area contributed by atoms with E-state index in [0.29, 0.717) is 12.0 Å². The Hall–Kier alpha value is -1.28. The van der Waals surface area contributed by atoms with Crippen LogP contribution in [0.1, 0.15) is 26.3 Å². The van der Waals surface area contributed by atoms with Gasteiger partial charge >= 0.3 is 0 Å². The Morgan fingerprint density at radius 2 is 1.88 bits per heavy atom. The summed E-state index contributed by atoms with van der Waals surface area (Å²) in [6.45, 7) is 7.69. The first-order valence-corrected chi connectivity index (χ1v) is 6.36. The van der Waals surface area contributed by atoms with Gasteiger partial charge in [0.05, 0.1) is 0 Å². The van der Waals surface area contributed by atoms with Crippen molar-refractivity contribution in [1.29, 1.82) is 0 Å². The zero-order valence-electron chi connectivity index (χ0n) is 11.2. The number of benzene rings is 1. The van der Waals surface area contributed by atoms with Gasteiger partial charge in [0.15, 0.2) is 0 Å². The molecule has 0 aliphatic rings. The van der Waals surface area contributed by atoms with E-state index in [2.05, 4.69) is 68.2 Å². The molecule has 0 bridgehead atoms. The Morgan fingerprint density at radius 3 is 2.59 bits per heavy atom. The Bertz CT molecular complexity index is 497. The summed E-state index contributed by atoms with van der Waals surface area (Å²) in [5.41, 5.74) is 2.69. The zero-order chi connectivity index (χ0) is 12.4. The summed E-state index contributed by atoms with van der Waals surface area (Å²) in [7, 11) is 2.11. The number of hydrogen-bond donors (Lipinski definition) is 1. The van der Waals surface area contributed by atoms with Crippen molar-refractivity contribution in [1.82, 2.24) is 9.88 Å². The van der Waals surface area contributed by atoms with E-state index in [9.17, 15) is 0 Å². The quantitative estimate of drug-likeness (QED) is 0.852. The number of rotatable bonds is 4. The van der Waals surface area contributed by atoms with E-state index in [4.69, 9.17) is 0 Å². The minimum absolute atomic E-state index is 0.550. The van der Waals surface area contributed by atoms with Gasteiger partial charge in [-0.1, -0.05) is 32.0 Å². The second-order valence-electron chi connectivity index (χ2n) is 5.20. The molecule has 0 saturated carbocycles. The van der Waals surface area contributed by atoms with Crippen molar-refractivity contribution in [3.63, 3.8) is 0 Å². The van der Waals surface area contributed by atoms with E-state index in [1.807, 2.05) is 0 Å². The molecule has 1 aromatic heterocycles. The van der Waals surface area contributed by atoms with Gasteiger partial charge in [0.1, 0.15) is 0 Å². The Labute approximate surface area is 104 Å². The third kappa shape index (κ3) is 2.52. The van der Waals surface area contributed by atoms with Crippen molar-refractivity contribution in [2.45, 2.75) is 33.4 Å². The third-order valence-corrected chi connectivity index (χ3v) is 3.59. The van der Waals surface area contributed by atoms with Crippen molar-refractivity contribution < 1.29 is 0 Å². The van der Waals surface area contributed by atoms with Gasteiger partial charge in [-0.05, 0) is 24.5 Å². The molecule has 2 aromatic rings. The average molecular weight is 230 g/mol. The summed E-state index contributed by atoms with van der Waals surface area (Å²) in [6, 6.07) is 9.12. The van der Waals surface area contributed by atoms with Gasteiger partial charge < -0.3 is 9.88 Å².